The van der Waals surface area contributed by atoms with Gasteiger partial charge in [0.15, 0.2) is 5.11 Å². The van der Waals surface area contributed by atoms with Crippen LogP contribution in [0.1, 0.15) is 31.9 Å². The van der Waals surface area contributed by atoms with E-state index in [1.165, 1.54) is 5.57 Å². The summed E-state index contributed by atoms with van der Waals surface area (Å²) in [6.07, 6.45) is 3.95. The Kier molecular flexibility index (Phi) is 5.53. The molecule has 3 rings (SSSR count). The van der Waals surface area contributed by atoms with Crippen LogP contribution in [0.15, 0.2) is 53.6 Å². The van der Waals surface area contributed by atoms with E-state index >= 15 is 0 Å². The van der Waals surface area contributed by atoms with Crippen molar-refractivity contribution in [2.24, 2.45) is 5.10 Å². The number of rotatable bonds is 3. The number of allylic oxidation sites excluding steroid dienone is 1. The molecule has 0 saturated carbocycles. The van der Waals surface area contributed by atoms with E-state index in [0.717, 1.165) is 22.5 Å². The third-order valence-corrected chi connectivity index (χ3v) is 5.26. The lowest BCUT2D eigenvalue weighted by Gasteiger charge is -2.40. The Morgan fingerprint density at radius 2 is 1.93 bits per heavy atom. The maximum absolute atomic E-state index is 6.50. The molecule has 0 atom stereocenters. The van der Waals surface area contributed by atoms with Gasteiger partial charge in [-0.3, -0.25) is 5.43 Å². The number of fused-ring (bicyclic) bond motifs is 1. The minimum absolute atomic E-state index is 0.0487. The summed E-state index contributed by atoms with van der Waals surface area (Å²) in [7, 11) is 2.08. The number of anilines is 2. The van der Waals surface area contributed by atoms with Gasteiger partial charge in [0.25, 0.3) is 0 Å². The lowest BCUT2D eigenvalue weighted by molar-refractivity contribution is 0.598. The van der Waals surface area contributed by atoms with Crippen LogP contribution in [0, 0.1) is 0 Å². The van der Waals surface area contributed by atoms with E-state index < -0.39 is 0 Å². The van der Waals surface area contributed by atoms with Gasteiger partial charge in [-0.1, -0.05) is 35.9 Å². The molecule has 2 N–H and O–H groups in total. The van der Waals surface area contributed by atoms with E-state index in [1.54, 1.807) is 6.21 Å². The van der Waals surface area contributed by atoms with Crippen molar-refractivity contribution < 1.29 is 0 Å². The van der Waals surface area contributed by atoms with E-state index in [1.807, 2.05) is 36.4 Å². The molecule has 0 bridgehead atoms. The van der Waals surface area contributed by atoms with E-state index in [0.29, 0.717) is 10.1 Å². The molecule has 0 unspecified atom stereocenters. The van der Waals surface area contributed by atoms with Gasteiger partial charge < -0.3 is 10.2 Å². The second-order valence-electron chi connectivity index (χ2n) is 7.12. The third kappa shape index (κ3) is 4.31. The van der Waals surface area contributed by atoms with E-state index in [-0.39, 0.29) is 5.54 Å². The molecule has 1 aliphatic rings. The molecule has 0 amide bonds. The maximum atomic E-state index is 6.50. The Morgan fingerprint density at radius 1 is 1.22 bits per heavy atom. The second-order valence-corrected chi connectivity index (χ2v) is 7.94. The molecular formula is C21H23ClN4S. The van der Waals surface area contributed by atoms with Crippen molar-refractivity contribution in [2.45, 2.75) is 26.3 Å². The average molecular weight is 399 g/mol. The van der Waals surface area contributed by atoms with Crippen LogP contribution in [0.5, 0.6) is 0 Å². The zero-order valence-corrected chi connectivity index (χ0v) is 17.4. The zero-order chi connectivity index (χ0) is 19.6. The summed E-state index contributed by atoms with van der Waals surface area (Å²) in [4.78, 5) is 2.24. The molecule has 0 saturated heterocycles. The number of nitrogens with zero attached hydrogens (tertiary/aromatic N) is 2. The van der Waals surface area contributed by atoms with Gasteiger partial charge in [-0.15, -0.1) is 0 Å². The van der Waals surface area contributed by atoms with Crippen LogP contribution in [0.4, 0.5) is 11.4 Å². The topological polar surface area (TPSA) is 39.7 Å². The Balaban J connectivity index is 1.76. The van der Waals surface area contributed by atoms with Gasteiger partial charge in [0, 0.05) is 29.5 Å². The monoisotopic (exact) mass is 398 g/mol. The van der Waals surface area contributed by atoms with Crippen LogP contribution < -0.4 is 15.6 Å². The number of hydrogen-bond acceptors (Lipinski definition) is 3. The molecule has 140 valence electrons. The van der Waals surface area contributed by atoms with E-state index in [4.69, 9.17) is 23.8 Å². The summed E-state index contributed by atoms with van der Waals surface area (Å²) in [6, 6.07) is 13.8. The van der Waals surface area contributed by atoms with E-state index in [9.17, 15) is 0 Å². The van der Waals surface area contributed by atoms with Crippen LogP contribution in [-0.2, 0) is 0 Å². The molecule has 0 spiro atoms. The van der Waals surface area contributed by atoms with Gasteiger partial charge >= 0.3 is 0 Å². The highest BCUT2D eigenvalue weighted by Crippen LogP contribution is 2.40. The number of halogens is 1. The highest BCUT2D eigenvalue weighted by atomic mass is 35.5. The van der Waals surface area contributed by atoms with Gasteiger partial charge in [0.1, 0.15) is 0 Å². The fourth-order valence-electron chi connectivity index (χ4n) is 3.13. The van der Waals surface area contributed by atoms with Crippen LogP contribution in [-0.4, -0.2) is 23.9 Å². The fourth-order valence-corrected chi connectivity index (χ4v) is 3.50. The van der Waals surface area contributed by atoms with Crippen LogP contribution >= 0.6 is 23.8 Å². The lowest BCUT2D eigenvalue weighted by atomic mass is 9.88. The first-order chi connectivity index (χ1) is 12.8. The maximum Gasteiger partial charge on any atom is 0.191 e. The smallest absolute Gasteiger partial charge is 0.191 e. The van der Waals surface area contributed by atoms with Crippen molar-refractivity contribution >= 4 is 52.1 Å². The molecule has 2 aromatic carbocycles. The summed E-state index contributed by atoms with van der Waals surface area (Å²) in [5, 5.41) is 8.37. The first kappa shape index (κ1) is 19.4. The number of thiocarbonyl (C=S) groups is 1. The lowest BCUT2D eigenvalue weighted by Crippen LogP contribution is -2.42. The summed E-state index contributed by atoms with van der Waals surface area (Å²) in [5.74, 6) is 0. The van der Waals surface area contributed by atoms with Crippen molar-refractivity contribution in [1.82, 2.24) is 5.43 Å². The molecule has 1 aliphatic heterocycles. The van der Waals surface area contributed by atoms with E-state index in [2.05, 4.69) is 60.7 Å². The minimum Gasteiger partial charge on any atom is -0.365 e. The SMILES string of the molecule is CC1=CC(C)(C)N(C)c2cc(Cl)c(/C=N\NC(=S)Nc3ccccc3)cc21. The molecule has 0 radical (unpaired) electrons. The molecular weight excluding hydrogens is 376 g/mol. The molecule has 0 fully saturated rings. The molecule has 0 aliphatic carbocycles. The average Bonchev–Trinajstić information content (AvgIpc) is 2.61. The molecule has 0 aromatic heterocycles. The number of hydrazone groups is 1. The van der Waals surface area contributed by atoms with Crippen molar-refractivity contribution in [3.05, 3.63) is 64.7 Å². The predicted molar refractivity (Wildman–Crippen MR) is 121 cm³/mol. The highest BCUT2D eigenvalue weighted by molar-refractivity contribution is 7.80. The Hall–Kier alpha value is -2.37. The molecule has 27 heavy (non-hydrogen) atoms. The standard InChI is InChI=1S/C21H23ClN4S/c1-14-12-21(2,3)26(4)19-11-18(22)15(10-17(14)19)13-23-25-20(27)24-16-8-6-5-7-9-16/h5-13H,1-4H3,(H2,24,25,27)/b23-13-. The normalized spacial score (nSPS) is 15.3. The largest absolute Gasteiger partial charge is 0.365 e. The van der Waals surface area contributed by atoms with Crippen LogP contribution in [0.2, 0.25) is 5.02 Å². The predicted octanol–water partition coefficient (Wildman–Crippen LogP) is 5.29. The quantitative estimate of drug-likeness (QED) is 0.418. The van der Waals surface area contributed by atoms with Crippen LogP contribution in [0.3, 0.4) is 0 Å². The number of para-hydroxylation sites is 1. The number of hydrogen-bond donors (Lipinski definition) is 2. The summed E-state index contributed by atoms with van der Waals surface area (Å²) < 4.78 is 0. The second kappa shape index (κ2) is 7.71. The Morgan fingerprint density at radius 3 is 2.63 bits per heavy atom. The first-order valence-electron chi connectivity index (χ1n) is 8.70. The Bertz CT molecular complexity index is 919. The van der Waals surface area contributed by atoms with Gasteiger partial charge in [0.05, 0.1) is 16.8 Å². The molecule has 2 aromatic rings. The van der Waals surface area contributed by atoms with Gasteiger partial charge in [0.2, 0.25) is 0 Å². The van der Waals surface area contributed by atoms with Crippen molar-refractivity contribution in [3.63, 3.8) is 0 Å². The zero-order valence-electron chi connectivity index (χ0n) is 15.9. The number of likely N-dealkylation sites (N-methyl/N-ethyl adjacent to an activating group) is 1. The van der Waals surface area contributed by atoms with Gasteiger partial charge in [-0.25, -0.2) is 0 Å². The third-order valence-electron chi connectivity index (χ3n) is 4.74. The fraction of sp³-hybridized carbons (Fsp3) is 0.238. The van der Waals surface area contributed by atoms with Crippen LogP contribution in [0.25, 0.3) is 5.57 Å². The molecule has 4 nitrogen and oxygen atoms in total. The number of benzene rings is 2. The van der Waals surface area contributed by atoms with Crippen molar-refractivity contribution in [3.8, 4) is 0 Å². The van der Waals surface area contributed by atoms with Gasteiger partial charge in [-0.05, 0) is 62.8 Å². The summed E-state index contributed by atoms with van der Waals surface area (Å²) in [5.41, 5.74) is 8.03. The summed E-state index contributed by atoms with van der Waals surface area (Å²) in [6.45, 7) is 6.50. The minimum atomic E-state index is -0.0487. The highest BCUT2D eigenvalue weighted by Gasteiger charge is 2.29. The van der Waals surface area contributed by atoms with Gasteiger partial charge in [-0.2, -0.15) is 5.10 Å². The molecule has 6 heteroatoms. The Labute approximate surface area is 170 Å². The van der Waals surface area contributed by atoms with Crippen molar-refractivity contribution in [2.75, 3.05) is 17.3 Å². The summed E-state index contributed by atoms with van der Waals surface area (Å²) >= 11 is 11.8. The molecule has 1 heterocycles. The first-order valence-corrected chi connectivity index (χ1v) is 9.49. The number of nitrogens with one attached hydrogen (secondary N) is 2. The van der Waals surface area contributed by atoms with Crippen molar-refractivity contribution in [1.29, 1.82) is 0 Å².